The van der Waals surface area contributed by atoms with E-state index in [4.69, 9.17) is 0 Å². The van der Waals surface area contributed by atoms with Crippen molar-refractivity contribution >= 4 is 12.6 Å². The van der Waals surface area contributed by atoms with Crippen LogP contribution in [0.15, 0.2) is 48.5 Å². The molecule has 0 aliphatic rings. The van der Waals surface area contributed by atoms with Crippen molar-refractivity contribution in [1.82, 2.24) is 0 Å². The first-order valence-electron chi connectivity index (χ1n) is 10.2. The van der Waals surface area contributed by atoms with Gasteiger partial charge >= 0.3 is 0 Å². The van der Waals surface area contributed by atoms with Gasteiger partial charge in [-0.05, 0) is 47.9 Å². The van der Waals surface area contributed by atoms with E-state index in [0.29, 0.717) is 0 Å². The molecular weight excluding hydrogens is 344 g/mol. The maximum atomic E-state index is 10.8. The Morgan fingerprint density at radius 2 is 0.821 bits per heavy atom. The summed E-state index contributed by atoms with van der Waals surface area (Å²) in [7, 11) is 0. The zero-order chi connectivity index (χ0) is 21.2. The topological polar surface area (TPSA) is 34.1 Å². The SMILES string of the molecule is CCc1ccc(CC(C)(C)C=O)cc1.CCc1ccc(CC(C)(C)C=O)cc1. The van der Waals surface area contributed by atoms with Gasteiger partial charge in [-0.3, -0.25) is 0 Å². The molecule has 0 saturated carbocycles. The molecule has 152 valence electrons. The summed E-state index contributed by atoms with van der Waals surface area (Å²) >= 11 is 0. The Labute approximate surface area is 171 Å². The van der Waals surface area contributed by atoms with Gasteiger partial charge in [-0.1, -0.05) is 90.1 Å². The van der Waals surface area contributed by atoms with Crippen LogP contribution in [0.5, 0.6) is 0 Å². The predicted octanol–water partition coefficient (Wildman–Crippen LogP) is 6.03. The van der Waals surface area contributed by atoms with Crippen LogP contribution in [0.2, 0.25) is 0 Å². The Kier molecular flexibility index (Phi) is 9.31. The molecule has 0 aliphatic carbocycles. The molecule has 2 heteroatoms. The minimum atomic E-state index is -0.242. The normalized spacial score (nSPS) is 11.4. The third-order valence-corrected chi connectivity index (χ3v) is 4.82. The first kappa shape index (κ1) is 23.8. The van der Waals surface area contributed by atoms with E-state index < -0.39 is 0 Å². The second-order valence-corrected chi connectivity index (χ2v) is 8.91. The van der Waals surface area contributed by atoms with Crippen LogP contribution in [-0.2, 0) is 35.3 Å². The number of aryl methyl sites for hydroxylation is 2. The standard InChI is InChI=1S/2C13H18O/c2*1-4-11-5-7-12(8-6-11)9-13(2,3)10-14/h2*5-8,10H,4,9H2,1-3H3. The van der Waals surface area contributed by atoms with Gasteiger partial charge in [-0.15, -0.1) is 0 Å². The molecule has 0 radical (unpaired) electrons. The van der Waals surface area contributed by atoms with Gasteiger partial charge in [0.2, 0.25) is 0 Å². The van der Waals surface area contributed by atoms with Crippen molar-refractivity contribution in [2.75, 3.05) is 0 Å². The number of benzene rings is 2. The van der Waals surface area contributed by atoms with Crippen molar-refractivity contribution in [3.63, 3.8) is 0 Å². The van der Waals surface area contributed by atoms with Crippen LogP contribution in [-0.4, -0.2) is 12.6 Å². The van der Waals surface area contributed by atoms with E-state index in [9.17, 15) is 9.59 Å². The van der Waals surface area contributed by atoms with Crippen molar-refractivity contribution in [1.29, 1.82) is 0 Å². The van der Waals surface area contributed by atoms with Gasteiger partial charge in [-0.25, -0.2) is 0 Å². The molecule has 0 amide bonds. The van der Waals surface area contributed by atoms with Gasteiger partial charge in [-0.2, -0.15) is 0 Å². The van der Waals surface area contributed by atoms with Gasteiger partial charge in [0.25, 0.3) is 0 Å². The molecule has 0 spiro atoms. The fourth-order valence-electron chi connectivity index (χ4n) is 2.92. The van der Waals surface area contributed by atoms with Crippen LogP contribution < -0.4 is 0 Å². The number of aldehydes is 2. The number of rotatable bonds is 8. The number of hydrogen-bond acceptors (Lipinski definition) is 2. The molecule has 0 aliphatic heterocycles. The summed E-state index contributed by atoms with van der Waals surface area (Å²) in [6, 6.07) is 17.0. The van der Waals surface area contributed by atoms with Crippen molar-refractivity contribution in [2.24, 2.45) is 10.8 Å². The van der Waals surface area contributed by atoms with Crippen LogP contribution >= 0.6 is 0 Å². The van der Waals surface area contributed by atoms with Crippen molar-refractivity contribution < 1.29 is 9.59 Å². The van der Waals surface area contributed by atoms with Crippen LogP contribution in [0.1, 0.15) is 63.8 Å². The molecule has 0 heterocycles. The second kappa shape index (κ2) is 10.9. The van der Waals surface area contributed by atoms with Crippen LogP contribution in [0.3, 0.4) is 0 Å². The number of hydrogen-bond donors (Lipinski definition) is 0. The van der Waals surface area contributed by atoms with Gasteiger partial charge < -0.3 is 9.59 Å². The fourth-order valence-corrected chi connectivity index (χ4v) is 2.92. The highest BCUT2D eigenvalue weighted by atomic mass is 16.1. The lowest BCUT2D eigenvalue weighted by molar-refractivity contribution is -0.115. The average molecular weight is 381 g/mol. The minimum Gasteiger partial charge on any atom is -0.303 e. The molecule has 0 atom stereocenters. The van der Waals surface area contributed by atoms with Gasteiger partial charge in [0, 0.05) is 10.8 Å². The molecular formula is C26H36O2. The molecule has 2 aromatic rings. The Bertz CT molecular complexity index is 657. The molecule has 0 bridgehead atoms. The summed E-state index contributed by atoms with van der Waals surface area (Å²) in [6.45, 7) is 12.2. The van der Waals surface area contributed by atoms with E-state index in [1.807, 2.05) is 27.7 Å². The molecule has 0 N–H and O–H groups in total. The van der Waals surface area contributed by atoms with Crippen LogP contribution in [0.25, 0.3) is 0 Å². The monoisotopic (exact) mass is 380 g/mol. The van der Waals surface area contributed by atoms with Gasteiger partial charge in [0.15, 0.2) is 0 Å². The molecule has 0 saturated heterocycles. The minimum absolute atomic E-state index is 0.242. The van der Waals surface area contributed by atoms with Gasteiger partial charge in [0.05, 0.1) is 0 Å². The van der Waals surface area contributed by atoms with Crippen molar-refractivity contribution in [2.45, 2.75) is 67.2 Å². The van der Waals surface area contributed by atoms with E-state index in [-0.39, 0.29) is 10.8 Å². The maximum absolute atomic E-state index is 10.8. The zero-order valence-corrected chi connectivity index (χ0v) is 18.4. The lowest BCUT2D eigenvalue weighted by atomic mass is 9.87. The van der Waals surface area contributed by atoms with E-state index in [1.54, 1.807) is 0 Å². The Balaban J connectivity index is 0.000000280. The predicted molar refractivity (Wildman–Crippen MR) is 119 cm³/mol. The number of carbonyl (C=O) groups is 2. The molecule has 0 unspecified atom stereocenters. The number of carbonyl (C=O) groups excluding carboxylic acids is 2. The highest BCUT2D eigenvalue weighted by molar-refractivity contribution is 5.59. The molecule has 2 nitrogen and oxygen atoms in total. The summed E-state index contributed by atoms with van der Waals surface area (Å²) in [4.78, 5) is 21.5. The molecule has 28 heavy (non-hydrogen) atoms. The Morgan fingerprint density at radius 3 is 1.04 bits per heavy atom. The van der Waals surface area contributed by atoms with Crippen molar-refractivity contribution in [3.8, 4) is 0 Å². The first-order chi connectivity index (χ1) is 13.1. The Hall–Kier alpha value is -2.22. The summed E-state index contributed by atoms with van der Waals surface area (Å²) in [5.74, 6) is 0. The molecule has 0 aromatic heterocycles. The average Bonchev–Trinajstić information content (AvgIpc) is 2.69. The second-order valence-electron chi connectivity index (χ2n) is 8.91. The largest absolute Gasteiger partial charge is 0.303 e. The van der Waals surface area contributed by atoms with Crippen LogP contribution in [0.4, 0.5) is 0 Å². The highest BCUT2D eigenvalue weighted by Gasteiger charge is 2.17. The molecule has 2 rings (SSSR count). The van der Waals surface area contributed by atoms with Gasteiger partial charge in [0.1, 0.15) is 12.6 Å². The van der Waals surface area contributed by atoms with E-state index >= 15 is 0 Å². The Morgan fingerprint density at radius 1 is 0.571 bits per heavy atom. The van der Waals surface area contributed by atoms with E-state index in [1.165, 1.54) is 22.3 Å². The zero-order valence-electron chi connectivity index (χ0n) is 18.4. The summed E-state index contributed by atoms with van der Waals surface area (Å²) in [5, 5.41) is 0. The summed E-state index contributed by atoms with van der Waals surface area (Å²) < 4.78 is 0. The third kappa shape index (κ3) is 8.65. The summed E-state index contributed by atoms with van der Waals surface area (Å²) in [6.07, 6.45) is 5.83. The lowest BCUT2D eigenvalue weighted by Gasteiger charge is -2.16. The van der Waals surface area contributed by atoms with E-state index in [2.05, 4.69) is 62.4 Å². The summed E-state index contributed by atoms with van der Waals surface area (Å²) in [5.41, 5.74) is 4.68. The maximum Gasteiger partial charge on any atom is 0.125 e. The fraction of sp³-hybridized carbons (Fsp3) is 0.462. The van der Waals surface area contributed by atoms with Crippen LogP contribution in [0, 0.1) is 10.8 Å². The van der Waals surface area contributed by atoms with E-state index in [0.717, 1.165) is 38.3 Å². The lowest BCUT2D eigenvalue weighted by Crippen LogP contribution is -2.16. The first-order valence-corrected chi connectivity index (χ1v) is 10.2. The third-order valence-electron chi connectivity index (χ3n) is 4.82. The quantitative estimate of drug-likeness (QED) is 0.524. The molecule has 0 fully saturated rings. The smallest absolute Gasteiger partial charge is 0.125 e. The molecule has 2 aromatic carbocycles. The highest BCUT2D eigenvalue weighted by Crippen LogP contribution is 2.20. The van der Waals surface area contributed by atoms with Crippen molar-refractivity contribution in [3.05, 3.63) is 70.8 Å².